The van der Waals surface area contributed by atoms with Crippen molar-refractivity contribution in [1.82, 2.24) is 10.3 Å². The van der Waals surface area contributed by atoms with Crippen LogP contribution in [0.3, 0.4) is 0 Å². The molecule has 0 aliphatic rings. The highest BCUT2D eigenvalue weighted by molar-refractivity contribution is 6.30. The van der Waals surface area contributed by atoms with Crippen LogP contribution in [0.25, 0.3) is 10.9 Å². The van der Waals surface area contributed by atoms with Gasteiger partial charge in [0.15, 0.2) is 0 Å². The lowest BCUT2D eigenvalue weighted by Crippen LogP contribution is -2.43. The quantitative estimate of drug-likeness (QED) is 0.354. The average molecular weight is 488 g/mol. The number of carbonyl (C=O) groups excluding carboxylic acids is 1. The number of aliphatic carboxylic acids is 1. The first-order valence-corrected chi connectivity index (χ1v) is 11.2. The fourth-order valence-corrected chi connectivity index (χ4v) is 3.86. The number of aryl methyl sites for hydroxylation is 1. The lowest BCUT2D eigenvalue weighted by Gasteiger charge is -2.28. The Morgan fingerprint density at radius 2 is 1.88 bits per heavy atom. The molecule has 5 N–H and O–H groups in total. The van der Waals surface area contributed by atoms with E-state index < -0.39 is 29.2 Å². The van der Waals surface area contributed by atoms with Gasteiger partial charge in [-0.3, -0.25) is 14.6 Å². The molecular weight excluding hydrogens is 461 g/mol. The summed E-state index contributed by atoms with van der Waals surface area (Å²) in [6, 6.07) is 8.88. The van der Waals surface area contributed by atoms with E-state index in [4.69, 9.17) is 22.4 Å². The lowest BCUT2D eigenvalue weighted by atomic mass is 9.80. The maximum Gasteiger partial charge on any atom is 0.321 e. The number of carbonyl (C=O) groups is 2. The highest BCUT2D eigenvalue weighted by Gasteiger charge is 2.31. The standard InChI is InChI=1S/C25H27ClFN3O4/c1-25(2,22(28)24(33)34)9-3-4-15-10-17-20(19(27)11-15)29-13-18(21(17)31)23(32)30-12-14-5-7-16(26)8-6-14/h5-8,10-11,13,22H,3-4,9,12,28H2,1-2H3,(H,29,31)(H,30,32)(H,33,34). The van der Waals surface area contributed by atoms with Crippen LogP contribution in [0.4, 0.5) is 4.39 Å². The van der Waals surface area contributed by atoms with Crippen LogP contribution in [0.15, 0.2) is 42.6 Å². The van der Waals surface area contributed by atoms with Crippen LogP contribution >= 0.6 is 11.6 Å². The Hall–Kier alpha value is -3.23. The summed E-state index contributed by atoms with van der Waals surface area (Å²) in [4.78, 5) is 27.9. The van der Waals surface area contributed by atoms with Gasteiger partial charge in [0.2, 0.25) is 0 Å². The smallest absolute Gasteiger partial charge is 0.321 e. The minimum atomic E-state index is -1.07. The number of carboxylic acid groups (broad SMARTS) is 1. The highest BCUT2D eigenvalue weighted by Crippen LogP contribution is 2.31. The van der Waals surface area contributed by atoms with E-state index in [1.807, 2.05) is 0 Å². The number of aromatic nitrogens is 1. The number of nitrogens with one attached hydrogen (secondary N) is 1. The van der Waals surface area contributed by atoms with Gasteiger partial charge in [0.25, 0.3) is 5.91 Å². The summed E-state index contributed by atoms with van der Waals surface area (Å²) in [6.45, 7) is 3.77. The van der Waals surface area contributed by atoms with Crippen molar-refractivity contribution < 1.29 is 24.2 Å². The second-order valence-electron chi connectivity index (χ2n) is 8.96. The van der Waals surface area contributed by atoms with Crippen molar-refractivity contribution in [2.75, 3.05) is 0 Å². The number of rotatable bonds is 9. The summed E-state index contributed by atoms with van der Waals surface area (Å²) in [5.41, 5.74) is 6.44. The van der Waals surface area contributed by atoms with Gasteiger partial charge >= 0.3 is 5.97 Å². The van der Waals surface area contributed by atoms with Crippen LogP contribution in [0.5, 0.6) is 5.75 Å². The number of amides is 1. The summed E-state index contributed by atoms with van der Waals surface area (Å²) in [6.07, 6.45) is 2.66. The van der Waals surface area contributed by atoms with E-state index in [0.29, 0.717) is 29.8 Å². The highest BCUT2D eigenvalue weighted by atomic mass is 35.5. The molecule has 0 fully saturated rings. The van der Waals surface area contributed by atoms with Crippen LogP contribution in [0.2, 0.25) is 5.02 Å². The number of hydrogen-bond acceptors (Lipinski definition) is 5. The molecule has 3 aromatic rings. The first-order valence-electron chi connectivity index (χ1n) is 10.8. The fraction of sp³-hybridized carbons (Fsp3) is 0.320. The van der Waals surface area contributed by atoms with Gasteiger partial charge in [0, 0.05) is 23.2 Å². The van der Waals surface area contributed by atoms with Gasteiger partial charge in [-0.25, -0.2) is 4.39 Å². The zero-order valence-corrected chi connectivity index (χ0v) is 19.7. The molecule has 0 spiro atoms. The molecule has 0 saturated carbocycles. The first-order chi connectivity index (χ1) is 16.0. The normalized spacial score (nSPS) is 12.5. The largest absolute Gasteiger partial charge is 0.506 e. The molecule has 1 amide bonds. The summed E-state index contributed by atoms with van der Waals surface area (Å²) >= 11 is 5.86. The first kappa shape index (κ1) is 25.4. The third-order valence-corrected chi connectivity index (χ3v) is 6.21. The maximum absolute atomic E-state index is 14.7. The van der Waals surface area contributed by atoms with Gasteiger partial charge < -0.3 is 21.3 Å². The van der Waals surface area contributed by atoms with Crippen molar-refractivity contribution >= 4 is 34.4 Å². The molecule has 0 aliphatic carbocycles. The molecule has 2 aromatic carbocycles. The SMILES string of the molecule is CC(C)(CCCc1cc(F)c2ncc(C(=O)NCc3ccc(Cl)cc3)c(O)c2c1)C(N)C(=O)O. The van der Waals surface area contributed by atoms with Gasteiger partial charge in [-0.05, 0) is 60.1 Å². The number of benzene rings is 2. The molecule has 0 bridgehead atoms. The van der Waals surface area contributed by atoms with Crippen LogP contribution in [-0.2, 0) is 17.8 Å². The minimum Gasteiger partial charge on any atom is -0.506 e. The third-order valence-electron chi connectivity index (χ3n) is 5.96. The Balaban J connectivity index is 1.76. The van der Waals surface area contributed by atoms with Gasteiger partial charge in [0.1, 0.15) is 28.7 Å². The third kappa shape index (κ3) is 5.81. The van der Waals surface area contributed by atoms with Crippen molar-refractivity contribution in [2.45, 2.75) is 45.7 Å². The molecule has 180 valence electrons. The molecule has 1 heterocycles. The number of nitrogens with two attached hydrogens (primary N) is 1. The maximum atomic E-state index is 14.7. The number of pyridine rings is 1. The molecule has 0 radical (unpaired) electrons. The van der Waals surface area contributed by atoms with E-state index in [-0.39, 0.29) is 28.8 Å². The molecule has 9 heteroatoms. The second-order valence-corrected chi connectivity index (χ2v) is 9.40. The Morgan fingerprint density at radius 1 is 1.21 bits per heavy atom. The van der Waals surface area contributed by atoms with Crippen molar-refractivity contribution in [2.24, 2.45) is 11.1 Å². The van der Waals surface area contributed by atoms with E-state index in [2.05, 4.69) is 10.3 Å². The Morgan fingerprint density at radius 3 is 2.53 bits per heavy atom. The molecule has 1 atom stereocenters. The van der Waals surface area contributed by atoms with Gasteiger partial charge in [-0.15, -0.1) is 0 Å². The number of hydrogen-bond donors (Lipinski definition) is 4. The zero-order chi connectivity index (χ0) is 25.0. The van der Waals surface area contributed by atoms with E-state index >= 15 is 0 Å². The van der Waals surface area contributed by atoms with Crippen LogP contribution in [-0.4, -0.2) is 33.1 Å². The van der Waals surface area contributed by atoms with Crippen molar-refractivity contribution in [1.29, 1.82) is 0 Å². The molecule has 7 nitrogen and oxygen atoms in total. The van der Waals surface area contributed by atoms with Crippen molar-refractivity contribution in [3.8, 4) is 5.75 Å². The molecule has 3 rings (SSSR count). The number of nitrogens with zero attached hydrogens (tertiary/aromatic N) is 1. The summed E-state index contributed by atoms with van der Waals surface area (Å²) < 4.78 is 14.7. The van der Waals surface area contributed by atoms with E-state index in [9.17, 15) is 19.1 Å². The summed E-state index contributed by atoms with van der Waals surface area (Å²) in [7, 11) is 0. The van der Waals surface area contributed by atoms with Crippen LogP contribution in [0.1, 0.15) is 48.2 Å². The van der Waals surface area contributed by atoms with Crippen LogP contribution < -0.4 is 11.1 Å². The minimum absolute atomic E-state index is 0.0382. The number of fused-ring (bicyclic) bond motifs is 1. The summed E-state index contributed by atoms with van der Waals surface area (Å²) in [5, 5.41) is 23.3. The predicted octanol–water partition coefficient (Wildman–Crippen LogP) is 4.42. The number of carboxylic acids is 1. The topological polar surface area (TPSA) is 126 Å². The molecule has 0 aliphatic heterocycles. The average Bonchev–Trinajstić information content (AvgIpc) is 2.78. The van der Waals surface area contributed by atoms with E-state index in [1.54, 1.807) is 44.2 Å². The Kier molecular flexibility index (Phi) is 7.74. The summed E-state index contributed by atoms with van der Waals surface area (Å²) in [5.74, 6) is -2.58. The monoisotopic (exact) mass is 487 g/mol. The van der Waals surface area contributed by atoms with Gasteiger partial charge in [-0.2, -0.15) is 0 Å². The second kappa shape index (κ2) is 10.4. The van der Waals surface area contributed by atoms with Crippen molar-refractivity contribution in [3.05, 3.63) is 70.1 Å². The molecule has 1 aromatic heterocycles. The van der Waals surface area contributed by atoms with E-state index in [1.165, 1.54) is 6.07 Å². The molecular formula is C25H27ClFN3O4. The molecule has 34 heavy (non-hydrogen) atoms. The van der Waals surface area contributed by atoms with Gasteiger partial charge in [0.05, 0.1) is 0 Å². The lowest BCUT2D eigenvalue weighted by molar-refractivity contribution is -0.141. The van der Waals surface area contributed by atoms with Crippen LogP contribution in [0, 0.1) is 11.2 Å². The number of halogens is 2. The fourth-order valence-electron chi connectivity index (χ4n) is 3.73. The van der Waals surface area contributed by atoms with E-state index in [0.717, 1.165) is 11.8 Å². The van der Waals surface area contributed by atoms with Gasteiger partial charge in [-0.1, -0.05) is 37.6 Å². The predicted molar refractivity (Wildman–Crippen MR) is 128 cm³/mol. The Bertz CT molecular complexity index is 1220. The number of aromatic hydroxyl groups is 1. The molecule has 1 unspecified atom stereocenters. The van der Waals surface area contributed by atoms with Crippen molar-refractivity contribution in [3.63, 3.8) is 0 Å². The molecule has 0 saturated heterocycles. The zero-order valence-electron chi connectivity index (χ0n) is 18.9. The Labute approximate surface area is 201 Å².